The van der Waals surface area contributed by atoms with E-state index in [1.165, 1.54) is 44.5 Å². The number of rotatable bonds is 4. The first-order valence-electron chi connectivity index (χ1n) is 7.89. The number of nitrogens with zero attached hydrogens (tertiary/aromatic N) is 1. The molecule has 0 aromatic heterocycles. The summed E-state index contributed by atoms with van der Waals surface area (Å²) in [6.07, 6.45) is 4.09. The lowest BCUT2D eigenvalue weighted by Crippen LogP contribution is -2.40. The van der Waals surface area contributed by atoms with E-state index in [9.17, 15) is 0 Å². The molecule has 2 unspecified atom stereocenters. The summed E-state index contributed by atoms with van der Waals surface area (Å²) in [6.45, 7) is 5.89. The summed E-state index contributed by atoms with van der Waals surface area (Å²) in [5.74, 6) is 1.87. The molecule has 0 spiro atoms. The quantitative estimate of drug-likeness (QED) is 0.913. The Hall–Kier alpha value is -1.06. The van der Waals surface area contributed by atoms with Gasteiger partial charge in [-0.3, -0.25) is 4.90 Å². The minimum absolute atomic E-state index is 0.488. The zero-order valence-corrected chi connectivity index (χ0v) is 12.6. The van der Waals surface area contributed by atoms with Gasteiger partial charge in [-0.25, -0.2) is 0 Å². The second-order valence-electron chi connectivity index (χ2n) is 6.20. The lowest BCUT2D eigenvalue weighted by Gasteiger charge is -2.30. The highest BCUT2D eigenvalue weighted by molar-refractivity contribution is 5.29. The summed E-state index contributed by atoms with van der Waals surface area (Å²) in [5, 5.41) is 3.74. The van der Waals surface area contributed by atoms with Gasteiger partial charge in [0.15, 0.2) is 0 Å². The maximum atomic E-state index is 5.25. The van der Waals surface area contributed by atoms with Crippen molar-refractivity contribution >= 4 is 0 Å². The van der Waals surface area contributed by atoms with Crippen LogP contribution in [0.2, 0.25) is 0 Å². The van der Waals surface area contributed by atoms with Crippen molar-refractivity contribution < 1.29 is 4.74 Å². The molecule has 1 aliphatic carbocycles. The predicted octanol–water partition coefficient (Wildman–Crippen LogP) is 2.83. The molecule has 2 aliphatic rings. The van der Waals surface area contributed by atoms with Crippen molar-refractivity contribution in [2.24, 2.45) is 5.92 Å². The SMILES string of the molecule is COc1ccc(C(C)N2CCCNC(C3CC3)C2)cc1. The van der Waals surface area contributed by atoms with Gasteiger partial charge in [0.05, 0.1) is 7.11 Å². The Kier molecular flexibility index (Phi) is 4.27. The predicted molar refractivity (Wildman–Crippen MR) is 82.1 cm³/mol. The van der Waals surface area contributed by atoms with Gasteiger partial charge in [0.1, 0.15) is 5.75 Å². The molecule has 3 heteroatoms. The molecule has 110 valence electrons. The number of ether oxygens (including phenoxy) is 1. The third-order valence-electron chi connectivity index (χ3n) is 4.80. The van der Waals surface area contributed by atoms with Gasteiger partial charge in [-0.2, -0.15) is 0 Å². The lowest BCUT2D eigenvalue weighted by molar-refractivity contribution is 0.200. The summed E-state index contributed by atoms with van der Waals surface area (Å²) < 4.78 is 5.25. The summed E-state index contributed by atoms with van der Waals surface area (Å²) >= 11 is 0. The van der Waals surface area contributed by atoms with Crippen LogP contribution in [0, 0.1) is 5.92 Å². The molecule has 2 fully saturated rings. The fourth-order valence-corrected chi connectivity index (χ4v) is 3.24. The van der Waals surface area contributed by atoms with E-state index in [4.69, 9.17) is 4.74 Å². The largest absolute Gasteiger partial charge is 0.497 e. The first-order chi connectivity index (χ1) is 9.78. The van der Waals surface area contributed by atoms with Crippen LogP contribution in [-0.2, 0) is 0 Å². The van der Waals surface area contributed by atoms with Crippen LogP contribution < -0.4 is 10.1 Å². The molecular weight excluding hydrogens is 248 g/mol. The first-order valence-corrected chi connectivity index (χ1v) is 7.89. The van der Waals surface area contributed by atoms with Gasteiger partial charge in [0.2, 0.25) is 0 Å². The molecule has 1 N–H and O–H groups in total. The molecule has 0 radical (unpaired) electrons. The fraction of sp³-hybridized carbons (Fsp3) is 0.647. The molecule has 3 nitrogen and oxygen atoms in total. The van der Waals surface area contributed by atoms with Crippen LogP contribution in [0.25, 0.3) is 0 Å². The number of nitrogens with one attached hydrogen (secondary N) is 1. The van der Waals surface area contributed by atoms with E-state index < -0.39 is 0 Å². The Labute approximate surface area is 122 Å². The second-order valence-corrected chi connectivity index (χ2v) is 6.20. The molecule has 20 heavy (non-hydrogen) atoms. The van der Waals surface area contributed by atoms with Crippen LogP contribution in [0.4, 0.5) is 0 Å². The fourth-order valence-electron chi connectivity index (χ4n) is 3.24. The Balaban J connectivity index is 1.68. The van der Waals surface area contributed by atoms with Crippen molar-refractivity contribution in [2.45, 2.75) is 38.3 Å². The monoisotopic (exact) mass is 274 g/mol. The maximum Gasteiger partial charge on any atom is 0.118 e. The molecule has 1 heterocycles. The maximum absolute atomic E-state index is 5.25. The van der Waals surface area contributed by atoms with E-state index in [2.05, 4.69) is 41.4 Å². The van der Waals surface area contributed by atoms with Crippen LogP contribution in [-0.4, -0.2) is 37.7 Å². The Bertz CT molecular complexity index is 427. The van der Waals surface area contributed by atoms with Gasteiger partial charge < -0.3 is 10.1 Å². The normalized spacial score (nSPS) is 26.0. The van der Waals surface area contributed by atoms with Crippen LogP contribution in [0.1, 0.15) is 37.8 Å². The number of methoxy groups -OCH3 is 1. The molecule has 1 aromatic carbocycles. The highest BCUT2D eigenvalue weighted by atomic mass is 16.5. The lowest BCUT2D eigenvalue weighted by atomic mass is 10.1. The third-order valence-corrected chi connectivity index (χ3v) is 4.80. The number of benzene rings is 1. The van der Waals surface area contributed by atoms with Gasteiger partial charge in [-0.05, 0) is 56.3 Å². The van der Waals surface area contributed by atoms with Gasteiger partial charge in [0.25, 0.3) is 0 Å². The van der Waals surface area contributed by atoms with E-state index in [0.29, 0.717) is 12.1 Å². The number of hydrogen-bond acceptors (Lipinski definition) is 3. The van der Waals surface area contributed by atoms with Crippen LogP contribution in [0.3, 0.4) is 0 Å². The highest BCUT2D eigenvalue weighted by Crippen LogP contribution is 2.35. The Morgan fingerprint density at radius 2 is 2.00 bits per heavy atom. The zero-order valence-electron chi connectivity index (χ0n) is 12.6. The van der Waals surface area contributed by atoms with Gasteiger partial charge >= 0.3 is 0 Å². The van der Waals surface area contributed by atoms with Crippen molar-refractivity contribution in [3.8, 4) is 5.75 Å². The Morgan fingerprint density at radius 3 is 2.65 bits per heavy atom. The van der Waals surface area contributed by atoms with E-state index >= 15 is 0 Å². The zero-order chi connectivity index (χ0) is 13.9. The highest BCUT2D eigenvalue weighted by Gasteiger charge is 2.34. The average Bonchev–Trinajstić information content (AvgIpc) is 3.32. The molecule has 0 bridgehead atoms. The van der Waals surface area contributed by atoms with E-state index in [1.54, 1.807) is 7.11 Å². The molecule has 1 saturated heterocycles. The first kappa shape index (κ1) is 13.9. The average molecular weight is 274 g/mol. The molecule has 1 aliphatic heterocycles. The molecule has 1 aromatic rings. The van der Waals surface area contributed by atoms with Crippen molar-refractivity contribution in [3.63, 3.8) is 0 Å². The van der Waals surface area contributed by atoms with Crippen LogP contribution in [0.5, 0.6) is 5.75 Å². The summed E-state index contributed by atoms with van der Waals surface area (Å²) in [5.41, 5.74) is 1.39. The third kappa shape index (κ3) is 3.15. The smallest absolute Gasteiger partial charge is 0.118 e. The Morgan fingerprint density at radius 1 is 1.25 bits per heavy atom. The minimum atomic E-state index is 0.488. The van der Waals surface area contributed by atoms with Gasteiger partial charge in [-0.1, -0.05) is 12.1 Å². The molecule has 2 atom stereocenters. The van der Waals surface area contributed by atoms with Crippen LogP contribution >= 0.6 is 0 Å². The molecular formula is C17H26N2O. The van der Waals surface area contributed by atoms with Crippen molar-refractivity contribution in [1.29, 1.82) is 0 Å². The van der Waals surface area contributed by atoms with E-state index in [-0.39, 0.29) is 0 Å². The molecule has 3 rings (SSSR count). The van der Waals surface area contributed by atoms with Crippen molar-refractivity contribution in [2.75, 3.05) is 26.7 Å². The number of hydrogen-bond donors (Lipinski definition) is 1. The van der Waals surface area contributed by atoms with Gasteiger partial charge in [0, 0.05) is 25.2 Å². The van der Waals surface area contributed by atoms with Crippen LogP contribution in [0.15, 0.2) is 24.3 Å². The molecule has 0 amide bonds. The van der Waals surface area contributed by atoms with E-state index in [0.717, 1.165) is 11.7 Å². The van der Waals surface area contributed by atoms with E-state index in [1.807, 2.05) is 0 Å². The topological polar surface area (TPSA) is 24.5 Å². The standard InChI is InChI=1S/C17H26N2O/c1-13(14-6-8-16(20-2)9-7-14)19-11-3-10-18-17(12-19)15-4-5-15/h6-9,13,15,17-18H,3-5,10-12H2,1-2H3. The summed E-state index contributed by atoms with van der Waals surface area (Å²) in [4.78, 5) is 2.64. The minimum Gasteiger partial charge on any atom is -0.497 e. The van der Waals surface area contributed by atoms with Gasteiger partial charge in [-0.15, -0.1) is 0 Å². The summed E-state index contributed by atoms with van der Waals surface area (Å²) in [7, 11) is 1.72. The molecule has 1 saturated carbocycles. The van der Waals surface area contributed by atoms with Crippen molar-refractivity contribution in [1.82, 2.24) is 10.2 Å². The summed E-state index contributed by atoms with van der Waals surface area (Å²) in [6, 6.07) is 9.74. The van der Waals surface area contributed by atoms with Crippen molar-refractivity contribution in [3.05, 3.63) is 29.8 Å². The second kappa shape index (κ2) is 6.15.